The Labute approximate surface area is 166 Å². The first-order chi connectivity index (χ1) is 12.4. The molecule has 4 nitrogen and oxygen atoms in total. The van der Waals surface area contributed by atoms with Crippen LogP contribution >= 0.6 is 34.5 Å². The van der Waals surface area contributed by atoms with Crippen LogP contribution in [0.4, 0.5) is 0 Å². The number of aromatic nitrogens is 1. The number of benzene rings is 2. The third-order valence-electron chi connectivity index (χ3n) is 4.23. The Morgan fingerprint density at radius 1 is 1.08 bits per heavy atom. The highest BCUT2D eigenvalue weighted by molar-refractivity contribution is 7.89. The summed E-state index contributed by atoms with van der Waals surface area (Å²) in [5.74, 6) is 0. The van der Waals surface area contributed by atoms with E-state index in [1.54, 1.807) is 6.07 Å². The van der Waals surface area contributed by atoms with E-state index in [9.17, 15) is 8.42 Å². The summed E-state index contributed by atoms with van der Waals surface area (Å²) in [6.07, 6.45) is 0.579. The van der Waals surface area contributed by atoms with Crippen molar-refractivity contribution in [1.82, 2.24) is 9.29 Å². The first-order valence-corrected chi connectivity index (χ1v) is 11.0. The van der Waals surface area contributed by atoms with Gasteiger partial charge in [-0.3, -0.25) is 0 Å². The fourth-order valence-electron chi connectivity index (χ4n) is 2.90. The number of rotatable bonds is 3. The van der Waals surface area contributed by atoms with Gasteiger partial charge in [0.2, 0.25) is 10.0 Å². The molecule has 1 aliphatic rings. The molecule has 0 fully saturated rings. The molecule has 0 saturated heterocycles. The van der Waals surface area contributed by atoms with Crippen LogP contribution in [0.2, 0.25) is 10.0 Å². The molecule has 0 unspecified atom stereocenters. The molecule has 0 aliphatic carbocycles. The Kier molecular flexibility index (Phi) is 4.79. The van der Waals surface area contributed by atoms with Crippen molar-refractivity contribution in [3.63, 3.8) is 0 Å². The Morgan fingerprint density at radius 2 is 1.85 bits per heavy atom. The lowest BCUT2D eigenvalue weighted by molar-refractivity contribution is 0.393. The van der Waals surface area contributed by atoms with Gasteiger partial charge in [-0.25, -0.2) is 13.4 Å². The second-order valence-electron chi connectivity index (χ2n) is 5.92. The molecule has 2 heterocycles. The van der Waals surface area contributed by atoms with E-state index in [0.717, 1.165) is 21.1 Å². The van der Waals surface area contributed by atoms with Crippen LogP contribution in [-0.4, -0.2) is 24.3 Å². The molecule has 0 amide bonds. The van der Waals surface area contributed by atoms with Crippen molar-refractivity contribution in [2.45, 2.75) is 17.9 Å². The second-order valence-corrected chi connectivity index (χ2v) is 9.75. The van der Waals surface area contributed by atoms with Crippen LogP contribution in [0, 0.1) is 0 Å². The molecular weight excluding hydrogens is 411 g/mol. The summed E-state index contributed by atoms with van der Waals surface area (Å²) in [7, 11) is -3.72. The van der Waals surface area contributed by atoms with Gasteiger partial charge in [-0.2, -0.15) is 4.31 Å². The Morgan fingerprint density at radius 3 is 2.62 bits per heavy atom. The zero-order valence-corrected chi connectivity index (χ0v) is 16.7. The van der Waals surface area contributed by atoms with Crippen LogP contribution in [0.1, 0.15) is 10.6 Å². The van der Waals surface area contributed by atoms with Crippen LogP contribution in [-0.2, 0) is 23.0 Å². The Bertz CT molecular complexity index is 1070. The van der Waals surface area contributed by atoms with E-state index in [1.165, 1.54) is 27.8 Å². The zero-order valence-electron chi connectivity index (χ0n) is 13.5. The van der Waals surface area contributed by atoms with Gasteiger partial charge in [0.1, 0.15) is 9.90 Å². The van der Waals surface area contributed by atoms with E-state index in [2.05, 4.69) is 0 Å². The largest absolute Gasteiger partial charge is 0.244 e. The van der Waals surface area contributed by atoms with Gasteiger partial charge in [0.25, 0.3) is 0 Å². The van der Waals surface area contributed by atoms with Gasteiger partial charge in [-0.1, -0.05) is 53.5 Å². The third-order valence-corrected chi connectivity index (χ3v) is 7.92. The molecular formula is C18H14Cl2N2O2S2. The van der Waals surface area contributed by atoms with Crippen molar-refractivity contribution in [1.29, 1.82) is 0 Å². The maximum absolute atomic E-state index is 13.0. The predicted molar refractivity (Wildman–Crippen MR) is 105 cm³/mol. The number of halogens is 2. The van der Waals surface area contributed by atoms with Crippen LogP contribution < -0.4 is 0 Å². The molecule has 0 spiro atoms. The third kappa shape index (κ3) is 3.28. The molecule has 0 radical (unpaired) electrons. The summed E-state index contributed by atoms with van der Waals surface area (Å²) in [6.45, 7) is 0.668. The summed E-state index contributed by atoms with van der Waals surface area (Å²) in [5.41, 5.74) is 2.01. The van der Waals surface area contributed by atoms with Gasteiger partial charge < -0.3 is 0 Å². The molecule has 0 N–H and O–H groups in total. The van der Waals surface area contributed by atoms with Crippen molar-refractivity contribution >= 4 is 44.6 Å². The Hall–Kier alpha value is -1.44. The van der Waals surface area contributed by atoms with Crippen LogP contribution in [0.3, 0.4) is 0 Å². The van der Waals surface area contributed by atoms with E-state index in [1.807, 2.05) is 30.3 Å². The van der Waals surface area contributed by atoms with Gasteiger partial charge in [0.05, 0.1) is 17.3 Å². The lowest BCUT2D eigenvalue weighted by Crippen LogP contribution is -2.35. The highest BCUT2D eigenvalue weighted by atomic mass is 35.5. The lowest BCUT2D eigenvalue weighted by Gasteiger charge is -2.25. The summed E-state index contributed by atoms with van der Waals surface area (Å²) in [5, 5.41) is 1.43. The first kappa shape index (κ1) is 17.9. The maximum Gasteiger partial charge on any atom is 0.244 e. The first-order valence-electron chi connectivity index (χ1n) is 7.94. The van der Waals surface area contributed by atoms with Crippen molar-refractivity contribution in [3.8, 4) is 10.6 Å². The molecule has 2 aromatic carbocycles. The fourth-order valence-corrected chi connectivity index (χ4v) is 6.25. The van der Waals surface area contributed by atoms with Crippen LogP contribution in [0.25, 0.3) is 10.6 Å². The van der Waals surface area contributed by atoms with Crippen molar-refractivity contribution in [3.05, 3.63) is 69.1 Å². The number of hydrogen-bond acceptors (Lipinski definition) is 4. The van der Waals surface area contributed by atoms with Crippen LogP contribution in [0.15, 0.2) is 53.4 Å². The van der Waals surface area contributed by atoms with Gasteiger partial charge >= 0.3 is 0 Å². The number of nitrogens with zero attached hydrogens (tertiary/aromatic N) is 2. The molecule has 8 heteroatoms. The molecule has 3 aromatic rings. The number of thiazole rings is 1. The summed E-state index contributed by atoms with van der Waals surface area (Å²) < 4.78 is 27.5. The van der Waals surface area contributed by atoms with Crippen molar-refractivity contribution < 1.29 is 8.42 Å². The molecule has 0 bridgehead atoms. The lowest BCUT2D eigenvalue weighted by atomic mass is 10.2. The minimum absolute atomic E-state index is 0.0444. The summed E-state index contributed by atoms with van der Waals surface area (Å²) in [6, 6.07) is 14.4. The van der Waals surface area contributed by atoms with Gasteiger partial charge in [-0.15, -0.1) is 11.3 Å². The highest BCUT2D eigenvalue weighted by Gasteiger charge is 2.32. The predicted octanol–water partition coefficient (Wildman–Crippen LogP) is 4.86. The molecule has 0 saturated carbocycles. The SMILES string of the molecule is O=S(=O)(c1cc(Cl)ccc1Cl)N1CCc2nc(-c3ccccc3)sc2C1. The second kappa shape index (κ2) is 6.94. The number of sulfonamides is 1. The molecule has 1 aromatic heterocycles. The topological polar surface area (TPSA) is 50.3 Å². The van der Waals surface area contributed by atoms with Crippen molar-refractivity contribution in [2.24, 2.45) is 0 Å². The molecule has 134 valence electrons. The Balaban J connectivity index is 1.66. The van der Waals surface area contributed by atoms with E-state index >= 15 is 0 Å². The van der Waals surface area contributed by atoms with E-state index < -0.39 is 10.0 Å². The molecule has 26 heavy (non-hydrogen) atoms. The minimum Gasteiger partial charge on any atom is -0.241 e. The molecule has 4 rings (SSSR count). The molecule has 0 atom stereocenters. The quantitative estimate of drug-likeness (QED) is 0.602. The summed E-state index contributed by atoms with van der Waals surface area (Å²) in [4.78, 5) is 5.71. The monoisotopic (exact) mass is 424 g/mol. The smallest absolute Gasteiger partial charge is 0.241 e. The van der Waals surface area contributed by atoms with Gasteiger partial charge in [0, 0.05) is 28.4 Å². The summed E-state index contributed by atoms with van der Waals surface area (Å²) >= 11 is 13.6. The van der Waals surface area contributed by atoms with E-state index in [-0.39, 0.29) is 9.92 Å². The van der Waals surface area contributed by atoms with E-state index in [4.69, 9.17) is 28.2 Å². The minimum atomic E-state index is -3.72. The van der Waals surface area contributed by atoms with Gasteiger partial charge in [-0.05, 0) is 18.2 Å². The average molecular weight is 425 g/mol. The normalized spacial score (nSPS) is 15.0. The van der Waals surface area contributed by atoms with Crippen molar-refractivity contribution in [2.75, 3.05) is 6.54 Å². The average Bonchev–Trinajstić information content (AvgIpc) is 3.07. The highest BCUT2D eigenvalue weighted by Crippen LogP contribution is 2.35. The standard InChI is InChI=1S/C18H14Cl2N2O2S2/c19-13-6-7-14(20)17(10-13)26(23,24)22-9-8-15-16(11-22)25-18(21-15)12-4-2-1-3-5-12/h1-7,10H,8-9,11H2. The van der Waals surface area contributed by atoms with Gasteiger partial charge in [0.15, 0.2) is 0 Å². The maximum atomic E-state index is 13.0. The number of fused-ring (bicyclic) bond motifs is 1. The number of hydrogen-bond donors (Lipinski definition) is 0. The van der Waals surface area contributed by atoms with E-state index in [0.29, 0.717) is 24.5 Å². The molecule has 1 aliphatic heterocycles. The van der Waals surface area contributed by atoms with Crippen LogP contribution in [0.5, 0.6) is 0 Å². The fraction of sp³-hybridized carbons (Fsp3) is 0.167. The zero-order chi connectivity index (χ0) is 18.3.